The predicted molar refractivity (Wildman–Crippen MR) is 83.1 cm³/mol. The van der Waals surface area contributed by atoms with E-state index in [-0.39, 0.29) is 17.6 Å². The Morgan fingerprint density at radius 3 is 2.81 bits per heavy atom. The highest BCUT2D eigenvalue weighted by Gasteiger charge is 2.29. The largest absolute Gasteiger partial charge is 0.336 e. The molecule has 0 spiro atoms. The fourth-order valence-electron chi connectivity index (χ4n) is 2.63. The summed E-state index contributed by atoms with van der Waals surface area (Å²) in [5, 5.41) is 10.9. The number of hydrogen-bond donors (Lipinski definition) is 1. The molecule has 1 amide bonds. The molecule has 2 N–H and O–H groups in total. The first-order valence-electron chi connectivity index (χ1n) is 6.88. The van der Waals surface area contributed by atoms with E-state index in [0.717, 1.165) is 12.8 Å². The van der Waals surface area contributed by atoms with Gasteiger partial charge in [-0.1, -0.05) is 15.9 Å². The van der Waals surface area contributed by atoms with Crippen LogP contribution in [0.15, 0.2) is 22.7 Å². The number of amides is 1. The number of nitro benzene ring substituents is 1. The molecule has 1 aliphatic heterocycles. The minimum Gasteiger partial charge on any atom is -0.336 e. The number of nitrogens with two attached hydrogens (primary N) is 1. The van der Waals surface area contributed by atoms with Crippen LogP contribution in [0.5, 0.6) is 0 Å². The van der Waals surface area contributed by atoms with Gasteiger partial charge in [-0.3, -0.25) is 14.9 Å². The summed E-state index contributed by atoms with van der Waals surface area (Å²) in [4.78, 5) is 24.8. The van der Waals surface area contributed by atoms with Gasteiger partial charge < -0.3 is 10.6 Å². The SMILES string of the molecule is CC1CCC(CN)CN1C(=O)c1cc(Br)cc([N+](=O)[O-])c1. The van der Waals surface area contributed by atoms with E-state index in [4.69, 9.17) is 5.73 Å². The van der Waals surface area contributed by atoms with Gasteiger partial charge in [0.2, 0.25) is 0 Å². The van der Waals surface area contributed by atoms with Crippen LogP contribution < -0.4 is 5.73 Å². The molecule has 0 aromatic heterocycles. The lowest BCUT2D eigenvalue weighted by Gasteiger charge is -2.37. The molecule has 1 saturated heterocycles. The Morgan fingerprint density at radius 2 is 2.19 bits per heavy atom. The quantitative estimate of drug-likeness (QED) is 0.666. The van der Waals surface area contributed by atoms with Gasteiger partial charge in [0.25, 0.3) is 11.6 Å². The number of rotatable bonds is 3. The Balaban J connectivity index is 2.28. The third kappa shape index (κ3) is 3.59. The van der Waals surface area contributed by atoms with Crippen molar-refractivity contribution in [3.8, 4) is 0 Å². The van der Waals surface area contributed by atoms with Crippen LogP contribution in [0.2, 0.25) is 0 Å². The summed E-state index contributed by atoms with van der Waals surface area (Å²) in [5.74, 6) is 0.123. The van der Waals surface area contributed by atoms with Crippen LogP contribution in [0.3, 0.4) is 0 Å². The van der Waals surface area contributed by atoms with Gasteiger partial charge in [0.1, 0.15) is 0 Å². The van der Waals surface area contributed by atoms with Crippen molar-refractivity contribution in [2.75, 3.05) is 13.1 Å². The molecule has 0 saturated carbocycles. The van der Waals surface area contributed by atoms with Crippen LogP contribution in [0.25, 0.3) is 0 Å². The van der Waals surface area contributed by atoms with E-state index in [1.54, 1.807) is 11.0 Å². The lowest BCUT2D eigenvalue weighted by atomic mass is 9.93. The molecule has 2 unspecified atom stereocenters. The minimum atomic E-state index is -0.496. The molecule has 7 heteroatoms. The van der Waals surface area contributed by atoms with Crippen molar-refractivity contribution in [2.24, 2.45) is 11.7 Å². The number of carbonyl (C=O) groups excluding carboxylic acids is 1. The summed E-state index contributed by atoms with van der Waals surface area (Å²) < 4.78 is 0.528. The maximum atomic E-state index is 12.6. The Morgan fingerprint density at radius 1 is 1.48 bits per heavy atom. The molecule has 1 aliphatic rings. The van der Waals surface area contributed by atoms with Crippen molar-refractivity contribution in [3.63, 3.8) is 0 Å². The summed E-state index contributed by atoms with van der Waals surface area (Å²) in [6, 6.07) is 4.46. The molecular formula is C14H18BrN3O3. The third-order valence-corrected chi connectivity index (χ3v) is 4.37. The Kier molecular flexibility index (Phi) is 4.95. The van der Waals surface area contributed by atoms with Gasteiger partial charge in [0, 0.05) is 34.8 Å². The summed E-state index contributed by atoms with van der Waals surface area (Å²) in [7, 11) is 0. The number of carbonyl (C=O) groups is 1. The van der Waals surface area contributed by atoms with E-state index in [1.807, 2.05) is 6.92 Å². The number of nitro groups is 1. The summed E-state index contributed by atoms with van der Waals surface area (Å²) in [5.41, 5.74) is 5.95. The first-order valence-corrected chi connectivity index (χ1v) is 7.67. The monoisotopic (exact) mass is 355 g/mol. The third-order valence-electron chi connectivity index (χ3n) is 3.91. The zero-order chi connectivity index (χ0) is 15.6. The fraction of sp³-hybridized carbons (Fsp3) is 0.500. The van der Waals surface area contributed by atoms with Crippen LogP contribution >= 0.6 is 15.9 Å². The molecule has 2 atom stereocenters. The van der Waals surface area contributed by atoms with Gasteiger partial charge in [-0.2, -0.15) is 0 Å². The average molecular weight is 356 g/mol. The second-order valence-corrected chi connectivity index (χ2v) is 6.36. The van der Waals surface area contributed by atoms with Crippen molar-refractivity contribution in [1.29, 1.82) is 0 Å². The highest BCUT2D eigenvalue weighted by Crippen LogP contribution is 2.26. The molecule has 0 bridgehead atoms. The summed E-state index contributed by atoms with van der Waals surface area (Å²) in [6.07, 6.45) is 1.92. The van der Waals surface area contributed by atoms with Gasteiger partial charge in [-0.25, -0.2) is 0 Å². The van der Waals surface area contributed by atoms with Gasteiger partial charge >= 0.3 is 0 Å². The zero-order valence-corrected chi connectivity index (χ0v) is 13.4. The molecule has 0 aliphatic carbocycles. The van der Waals surface area contributed by atoms with Gasteiger partial charge in [-0.05, 0) is 38.3 Å². The lowest BCUT2D eigenvalue weighted by Crippen LogP contribution is -2.47. The van der Waals surface area contributed by atoms with E-state index in [0.29, 0.717) is 29.0 Å². The lowest BCUT2D eigenvalue weighted by molar-refractivity contribution is -0.385. The number of hydrogen-bond acceptors (Lipinski definition) is 4. The average Bonchev–Trinajstić information content (AvgIpc) is 2.46. The number of halogens is 1. The molecule has 0 radical (unpaired) electrons. The van der Waals surface area contributed by atoms with Crippen molar-refractivity contribution in [2.45, 2.75) is 25.8 Å². The van der Waals surface area contributed by atoms with Crippen LogP contribution in [-0.4, -0.2) is 34.9 Å². The molecule has 114 valence electrons. The van der Waals surface area contributed by atoms with Crippen LogP contribution in [-0.2, 0) is 0 Å². The van der Waals surface area contributed by atoms with E-state index < -0.39 is 4.92 Å². The molecule has 1 aromatic carbocycles. The topological polar surface area (TPSA) is 89.5 Å². The first kappa shape index (κ1) is 15.9. The van der Waals surface area contributed by atoms with Crippen molar-refractivity contribution >= 4 is 27.5 Å². The number of likely N-dealkylation sites (tertiary alicyclic amines) is 1. The molecule has 21 heavy (non-hydrogen) atoms. The molecule has 6 nitrogen and oxygen atoms in total. The van der Waals surface area contributed by atoms with E-state index in [1.165, 1.54) is 12.1 Å². The van der Waals surface area contributed by atoms with Crippen LogP contribution in [0.1, 0.15) is 30.1 Å². The van der Waals surface area contributed by atoms with E-state index in [2.05, 4.69) is 15.9 Å². The second kappa shape index (κ2) is 6.53. The summed E-state index contributed by atoms with van der Waals surface area (Å²) >= 11 is 3.22. The minimum absolute atomic E-state index is 0.0900. The van der Waals surface area contributed by atoms with Gasteiger partial charge in [0.05, 0.1) is 4.92 Å². The molecule has 1 aromatic rings. The standard InChI is InChI=1S/C14H18BrN3O3/c1-9-2-3-10(7-16)8-17(9)14(19)11-4-12(15)6-13(5-11)18(20)21/h4-6,9-10H,2-3,7-8,16H2,1H3. The molecule has 2 rings (SSSR count). The fourth-order valence-corrected chi connectivity index (χ4v) is 3.11. The number of piperidine rings is 1. The highest BCUT2D eigenvalue weighted by molar-refractivity contribution is 9.10. The van der Waals surface area contributed by atoms with Crippen LogP contribution in [0, 0.1) is 16.0 Å². The molecular weight excluding hydrogens is 338 g/mol. The highest BCUT2D eigenvalue weighted by atomic mass is 79.9. The number of non-ortho nitro benzene ring substituents is 1. The van der Waals surface area contributed by atoms with Gasteiger partial charge in [-0.15, -0.1) is 0 Å². The summed E-state index contributed by atoms with van der Waals surface area (Å²) in [6.45, 7) is 3.16. The van der Waals surface area contributed by atoms with Crippen LogP contribution in [0.4, 0.5) is 5.69 Å². The first-order chi connectivity index (χ1) is 9.92. The van der Waals surface area contributed by atoms with E-state index >= 15 is 0 Å². The number of benzene rings is 1. The Labute approximate surface area is 131 Å². The predicted octanol–water partition coefficient (Wildman–Crippen LogP) is 2.56. The maximum absolute atomic E-state index is 12.6. The van der Waals surface area contributed by atoms with Crippen molar-refractivity contribution in [1.82, 2.24) is 4.90 Å². The Hall–Kier alpha value is -1.47. The molecule has 1 heterocycles. The number of nitrogens with zero attached hydrogens (tertiary/aromatic N) is 2. The molecule has 1 fully saturated rings. The smallest absolute Gasteiger partial charge is 0.271 e. The van der Waals surface area contributed by atoms with Crippen molar-refractivity contribution < 1.29 is 9.72 Å². The second-order valence-electron chi connectivity index (χ2n) is 5.44. The Bertz CT molecular complexity index is 564. The van der Waals surface area contributed by atoms with E-state index in [9.17, 15) is 14.9 Å². The zero-order valence-electron chi connectivity index (χ0n) is 11.8. The van der Waals surface area contributed by atoms with Crippen molar-refractivity contribution in [3.05, 3.63) is 38.3 Å². The maximum Gasteiger partial charge on any atom is 0.271 e. The normalized spacial score (nSPS) is 22.1. The van der Waals surface area contributed by atoms with Gasteiger partial charge in [0.15, 0.2) is 0 Å².